The molecule has 1 heterocycles. The van der Waals surface area contributed by atoms with Gasteiger partial charge in [0.25, 0.3) is 0 Å². The van der Waals surface area contributed by atoms with Gasteiger partial charge in [-0.3, -0.25) is 0 Å². The minimum Gasteiger partial charge on any atom is -0.353 e. The summed E-state index contributed by atoms with van der Waals surface area (Å²) in [5.74, 6) is 0.532. The van der Waals surface area contributed by atoms with E-state index in [1.54, 1.807) is 18.2 Å². The van der Waals surface area contributed by atoms with E-state index in [-0.39, 0.29) is 17.5 Å². The average Bonchev–Trinajstić information content (AvgIpc) is 3.05. The number of nitrogens with one attached hydrogen (secondary N) is 2. The molecule has 122 valence electrons. The van der Waals surface area contributed by atoms with Crippen LogP contribution in [0, 0.1) is 12.7 Å². The highest BCUT2D eigenvalue weighted by atomic mass is 32.1. The van der Waals surface area contributed by atoms with Crippen molar-refractivity contribution >= 4 is 23.0 Å². The molecule has 3 rings (SSSR count). The molecule has 0 fully saturated rings. The van der Waals surface area contributed by atoms with E-state index < -0.39 is 0 Å². The molecule has 0 radical (unpaired) electrons. The number of nitrogens with zero attached hydrogens (tertiary/aromatic N) is 2. The van der Waals surface area contributed by atoms with Gasteiger partial charge in [-0.15, -0.1) is 0 Å². The lowest BCUT2D eigenvalue weighted by Crippen LogP contribution is -2.28. The van der Waals surface area contributed by atoms with Crippen molar-refractivity contribution < 1.29 is 8.91 Å². The normalized spacial score (nSPS) is 10.4. The Bertz CT molecular complexity index is 848. The summed E-state index contributed by atoms with van der Waals surface area (Å²) in [5.41, 5.74) is 2.34. The molecule has 0 saturated carbocycles. The van der Waals surface area contributed by atoms with Crippen LogP contribution in [0.4, 0.5) is 10.1 Å². The smallest absolute Gasteiger partial charge is 0.246 e. The van der Waals surface area contributed by atoms with Crippen LogP contribution in [0.2, 0.25) is 0 Å². The van der Waals surface area contributed by atoms with Gasteiger partial charge in [-0.1, -0.05) is 47.1 Å². The van der Waals surface area contributed by atoms with E-state index in [1.165, 1.54) is 6.07 Å². The van der Waals surface area contributed by atoms with Gasteiger partial charge in [-0.05, 0) is 31.3 Å². The van der Waals surface area contributed by atoms with Crippen LogP contribution in [0.1, 0.15) is 11.5 Å². The van der Waals surface area contributed by atoms with Crippen molar-refractivity contribution in [2.24, 2.45) is 0 Å². The first-order valence-corrected chi connectivity index (χ1v) is 7.71. The molecule has 1 aromatic heterocycles. The average molecular weight is 342 g/mol. The van der Waals surface area contributed by atoms with Crippen LogP contribution >= 0.6 is 12.2 Å². The molecule has 24 heavy (non-hydrogen) atoms. The zero-order valence-corrected chi connectivity index (χ0v) is 13.7. The van der Waals surface area contributed by atoms with Gasteiger partial charge >= 0.3 is 0 Å². The molecule has 5 nitrogen and oxygen atoms in total. The van der Waals surface area contributed by atoms with E-state index in [1.807, 2.05) is 31.2 Å². The van der Waals surface area contributed by atoms with Crippen molar-refractivity contribution in [3.8, 4) is 11.4 Å². The molecule has 3 aromatic rings. The second-order valence-corrected chi connectivity index (χ2v) is 5.57. The number of thiocarbonyl (C=S) groups is 1. The molecule has 2 N–H and O–H groups in total. The minimum atomic E-state index is -0.374. The summed E-state index contributed by atoms with van der Waals surface area (Å²) < 4.78 is 18.7. The van der Waals surface area contributed by atoms with Crippen LogP contribution in [0.3, 0.4) is 0 Å². The summed E-state index contributed by atoms with van der Waals surface area (Å²) in [6.07, 6.45) is 0. The highest BCUT2D eigenvalue weighted by Crippen LogP contribution is 2.16. The third kappa shape index (κ3) is 3.94. The summed E-state index contributed by atoms with van der Waals surface area (Å²) in [5, 5.41) is 9.90. The molecule has 0 aliphatic rings. The predicted molar refractivity (Wildman–Crippen MR) is 93.9 cm³/mol. The number of aromatic nitrogens is 2. The summed E-state index contributed by atoms with van der Waals surface area (Å²) in [4.78, 5) is 4.30. The molecule has 7 heteroatoms. The van der Waals surface area contributed by atoms with Crippen molar-refractivity contribution in [1.29, 1.82) is 0 Å². The Hall–Kier alpha value is -2.80. The van der Waals surface area contributed by atoms with E-state index in [0.29, 0.717) is 17.4 Å². The Morgan fingerprint density at radius 2 is 1.92 bits per heavy atom. The molecule has 0 atom stereocenters. The van der Waals surface area contributed by atoms with E-state index in [9.17, 15) is 4.39 Å². The van der Waals surface area contributed by atoms with E-state index in [2.05, 4.69) is 20.8 Å². The Morgan fingerprint density at radius 3 is 2.67 bits per heavy atom. The molecule has 0 spiro atoms. The minimum absolute atomic E-state index is 0.249. The first-order valence-electron chi connectivity index (χ1n) is 7.31. The fraction of sp³-hybridized carbons (Fsp3) is 0.118. The molecule has 0 aliphatic heterocycles. The van der Waals surface area contributed by atoms with Gasteiger partial charge < -0.3 is 15.2 Å². The standard InChI is InChI=1S/C17H15FN4OS/c1-11-6-8-12(9-7-11)16-21-15(23-22-16)10-19-17(24)20-14-5-3-2-4-13(14)18/h2-9H,10H2,1H3,(H2,19,20,24). The van der Waals surface area contributed by atoms with Crippen LogP contribution in [-0.2, 0) is 6.54 Å². The SMILES string of the molecule is Cc1ccc(-c2noc(CNC(=S)Nc3ccccc3F)n2)cc1. The maximum Gasteiger partial charge on any atom is 0.246 e. The summed E-state index contributed by atoms with van der Waals surface area (Å²) >= 11 is 5.13. The Balaban J connectivity index is 1.58. The third-order valence-corrected chi connectivity index (χ3v) is 3.55. The van der Waals surface area contributed by atoms with Crippen LogP contribution in [0.15, 0.2) is 53.1 Å². The fourth-order valence-corrected chi connectivity index (χ4v) is 2.21. The lowest BCUT2D eigenvalue weighted by atomic mass is 10.1. The van der Waals surface area contributed by atoms with Crippen molar-refractivity contribution in [3.63, 3.8) is 0 Å². The van der Waals surface area contributed by atoms with Crippen molar-refractivity contribution in [2.45, 2.75) is 13.5 Å². The Labute approximate surface area is 143 Å². The zero-order chi connectivity index (χ0) is 16.9. The molecular weight excluding hydrogens is 327 g/mol. The molecule has 0 saturated heterocycles. The molecule has 0 aliphatic carbocycles. The zero-order valence-electron chi connectivity index (χ0n) is 12.9. The number of anilines is 1. The number of aryl methyl sites for hydroxylation is 1. The van der Waals surface area contributed by atoms with E-state index in [0.717, 1.165) is 11.1 Å². The van der Waals surface area contributed by atoms with Gasteiger partial charge in [0.05, 0.1) is 12.2 Å². The Kier molecular flexibility index (Phi) is 4.81. The number of hydrogen-bond donors (Lipinski definition) is 2. The van der Waals surface area contributed by atoms with Gasteiger partial charge in [0, 0.05) is 5.56 Å². The van der Waals surface area contributed by atoms with Crippen LogP contribution in [0.25, 0.3) is 11.4 Å². The highest BCUT2D eigenvalue weighted by Gasteiger charge is 2.09. The predicted octanol–water partition coefficient (Wildman–Crippen LogP) is 3.67. The molecular formula is C17H15FN4OS. The van der Waals surface area contributed by atoms with Crippen LogP contribution in [0.5, 0.6) is 0 Å². The topological polar surface area (TPSA) is 63.0 Å². The number of benzene rings is 2. The van der Waals surface area contributed by atoms with Gasteiger partial charge in [0.15, 0.2) is 5.11 Å². The number of halogens is 1. The first-order chi connectivity index (χ1) is 11.6. The van der Waals surface area contributed by atoms with Crippen LogP contribution in [-0.4, -0.2) is 15.3 Å². The monoisotopic (exact) mass is 342 g/mol. The lowest BCUT2D eigenvalue weighted by Gasteiger charge is -2.09. The number of hydrogen-bond acceptors (Lipinski definition) is 4. The fourth-order valence-electron chi connectivity index (χ4n) is 2.03. The lowest BCUT2D eigenvalue weighted by molar-refractivity contribution is 0.376. The maximum absolute atomic E-state index is 13.5. The highest BCUT2D eigenvalue weighted by molar-refractivity contribution is 7.80. The van der Waals surface area contributed by atoms with Crippen molar-refractivity contribution in [3.05, 3.63) is 65.8 Å². The number of para-hydroxylation sites is 1. The van der Waals surface area contributed by atoms with Gasteiger partial charge in [0.2, 0.25) is 11.7 Å². The van der Waals surface area contributed by atoms with Crippen molar-refractivity contribution in [1.82, 2.24) is 15.5 Å². The molecule has 0 bridgehead atoms. The second kappa shape index (κ2) is 7.18. The van der Waals surface area contributed by atoms with Crippen LogP contribution < -0.4 is 10.6 Å². The quantitative estimate of drug-likeness (QED) is 0.706. The largest absolute Gasteiger partial charge is 0.353 e. The maximum atomic E-state index is 13.5. The summed E-state index contributed by atoms with van der Waals surface area (Å²) in [6.45, 7) is 2.26. The third-order valence-electron chi connectivity index (χ3n) is 3.30. The second-order valence-electron chi connectivity index (χ2n) is 5.17. The van der Waals surface area contributed by atoms with Gasteiger partial charge in [0.1, 0.15) is 5.82 Å². The Morgan fingerprint density at radius 1 is 1.17 bits per heavy atom. The molecule has 0 amide bonds. The molecule has 0 unspecified atom stereocenters. The summed E-state index contributed by atoms with van der Waals surface area (Å²) in [7, 11) is 0. The van der Waals surface area contributed by atoms with Gasteiger partial charge in [-0.2, -0.15) is 4.98 Å². The molecule has 2 aromatic carbocycles. The summed E-state index contributed by atoms with van der Waals surface area (Å²) in [6, 6.07) is 14.1. The van der Waals surface area contributed by atoms with E-state index >= 15 is 0 Å². The van der Waals surface area contributed by atoms with E-state index in [4.69, 9.17) is 16.7 Å². The number of rotatable bonds is 4. The van der Waals surface area contributed by atoms with Crippen molar-refractivity contribution in [2.75, 3.05) is 5.32 Å². The van der Waals surface area contributed by atoms with Gasteiger partial charge in [-0.25, -0.2) is 4.39 Å². The first kappa shape index (κ1) is 16.1.